The van der Waals surface area contributed by atoms with Crippen LogP contribution in [0.4, 0.5) is 0 Å². The van der Waals surface area contributed by atoms with Crippen molar-refractivity contribution in [3.63, 3.8) is 0 Å². The minimum absolute atomic E-state index is 0.160. The zero-order valence-corrected chi connectivity index (χ0v) is 17.1. The number of carbonyl (C=O) groups is 1. The Balaban J connectivity index is 1.56. The van der Waals surface area contributed by atoms with E-state index in [1.54, 1.807) is 0 Å². The zero-order valence-electron chi connectivity index (χ0n) is 17.1. The molecule has 0 radical (unpaired) electrons. The smallest absolute Gasteiger partial charge is 0.274 e. The summed E-state index contributed by atoms with van der Waals surface area (Å²) in [7, 11) is 2.14. The van der Waals surface area contributed by atoms with E-state index in [1.807, 2.05) is 4.90 Å². The van der Waals surface area contributed by atoms with Gasteiger partial charge in [-0.25, -0.2) is 0 Å². The normalized spacial score (nSPS) is 25.3. The number of amides is 1. The lowest BCUT2D eigenvalue weighted by Gasteiger charge is -2.37. The number of likely N-dealkylation sites (tertiary alicyclic amines) is 1. The number of likely N-dealkylation sites (N-methyl/N-ethyl adjacent to an activating group) is 1. The average Bonchev–Trinajstić information content (AvgIpc) is 2.94. The number of hydrogen-bond acceptors (Lipinski definition) is 4. The number of fused-ring (bicyclic) bond motifs is 1. The molecule has 4 rings (SSSR count). The molecule has 0 bridgehead atoms. The maximum atomic E-state index is 13.4. The lowest BCUT2D eigenvalue weighted by Crippen LogP contribution is -2.43. The summed E-state index contributed by atoms with van der Waals surface area (Å²) in [6.07, 6.45) is 8.35. The molecular weight excluding hydrogens is 338 g/mol. The number of aryl methyl sites for hydroxylation is 1. The van der Waals surface area contributed by atoms with Crippen molar-refractivity contribution in [3.8, 4) is 0 Å². The first-order valence-electron chi connectivity index (χ1n) is 11.0. The van der Waals surface area contributed by atoms with Gasteiger partial charge in [0.05, 0.1) is 0 Å². The van der Waals surface area contributed by atoms with Crippen molar-refractivity contribution in [2.75, 3.05) is 46.3 Å². The fourth-order valence-corrected chi connectivity index (χ4v) is 5.10. The molecule has 0 saturated carbocycles. The maximum Gasteiger partial charge on any atom is 0.274 e. The van der Waals surface area contributed by atoms with E-state index in [0.29, 0.717) is 6.04 Å². The van der Waals surface area contributed by atoms with Gasteiger partial charge in [0.2, 0.25) is 0 Å². The van der Waals surface area contributed by atoms with Gasteiger partial charge >= 0.3 is 0 Å². The monoisotopic (exact) mass is 373 g/mol. The van der Waals surface area contributed by atoms with Crippen molar-refractivity contribution in [2.24, 2.45) is 0 Å². The maximum absolute atomic E-state index is 13.4. The number of hydrogen-bond donors (Lipinski definition) is 0. The molecule has 150 valence electrons. The molecule has 2 aliphatic heterocycles. The number of carbonyl (C=O) groups excluding carboxylic acids is 1. The summed E-state index contributed by atoms with van der Waals surface area (Å²) in [5, 5.41) is 4.81. The van der Waals surface area contributed by atoms with Crippen molar-refractivity contribution >= 4 is 5.91 Å². The highest BCUT2D eigenvalue weighted by molar-refractivity contribution is 5.94. The molecule has 1 amide bonds. The van der Waals surface area contributed by atoms with Crippen LogP contribution in [0.1, 0.15) is 60.8 Å². The van der Waals surface area contributed by atoms with Crippen LogP contribution in [0.5, 0.6) is 0 Å². The molecule has 27 heavy (non-hydrogen) atoms. The first-order chi connectivity index (χ1) is 13.2. The van der Waals surface area contributed by atoms with Gasteiger partial charge in [-0.15, -0.1) is 0 Å². The fourth-order valence-electron chi connectivity index (χ4n) is 5.10. The van der Waals surface area contributed by atoms with Crippen LogP contribution in [0.15, 0.2) is 0 Å². The Morgan fingerprint density at radius 2 is 1.85 bits per heavy atom. The Morgan fingerprint density at radius 3 is 2.63 bits per heavy atom. The summed E-state index contributed by atoms with van der Waals surface area (Å²) in [6.45, 7) is 9.14. The second-order valence-electron chi connectivity index (χ2n) is 8.53. The molecule has 2 saturated heterocycles. The van der Waals surface area contributed by atoms with Crippen LogP contribution in [0.3, 0.4) is 0 Å². The summed E-state index contributed by atoms with van der Waals surface area (Å²) in [5.41, 5.74) is 3.32. The van der Waals surface area contributed by atoms with Crippen molar-refractivity contribution in [3.05, 3.63) is 17.0 Å². The summed E-state index contributed by atoms with van der Waals surface area (Å²) >= 11 is 0. The Bertz CT molecular complexity index is 664. The molecule has 0 spiro atoms. The van der Waals surface area contributed by atoms with Crippen molar-refractivity contribution in [1.82, 2.24) is 24.5 Å². The second-order valence-corrected chi connectivity index (χ2v) is 8.53. The van der Waals surface area contributed by atoms with Gasteiger partial charge in [0.15, 0.2) is 5.69 Å². The highest BCUT2D eigenvalue weighted by Crippen LogP contribution is 2.30. The molecule has 6 nitrogen and oxygen atoms in total. The molecule has 1 atom stereocenters. The molecule has 1 aromatic rings. The van der Waals surface area contributed by atoms with Gasteiger partial charge in [-0.3, -0.25) is 9.48 Å². The molecule has 6 heteroatoms. The molecule has 1 aliphatic carbocycles. The average molecular weight is 374 g/mol. The number of rotatable bonds is 3. The lowest BCUT2D eigenvalue weighted by molar-refractivity contribution is 0.0753. The minimum atomic E-state index is 0.160. The van der Waals surface area contributed by atoms with Gasteiger partial charge in [0.25, 0.3) is 5.91 Å². The third kappa shape index (κ3) is 3.92. The highest BCUT2D eigenvalue weighted by Gasteiger charge is 2.33. The van der Waals surface area contributed by atoms with Crippen LogP contribution in [-0.2, 0) is 19.4 Å². The van der Waals surface area contributed by atoms with Crippen LogP contribution in [0.2, 0.25) is 0 Å². The Labute approximate surface area is 163 Å². The summed E-state index contributed by atoms with van der Waals surface area (Å²) in [5.74, 6) is 0.160. The van der Waals surface area contributed by atoms with Gasteiger partial charge in [0.1, 0.15) is 0 Å². The van der Waals surface area contributed by atoms with E-state index >= 15 is 0 Å². The fraction of sp³-hybridized carbons (Fsp3) is 0.810. The van der Waals surface area contributed by atoms with Gasteiger partial charge in [0, 0.05) is 43.5 Å². The van der Waals surface area contributed by atoms with Crippen molar-refractivity contribution < 1.29 is 4.79 Å². The SMILES string of the molecule is CCn1nc(C(=O)N2CCCN(C)CC2)c2c1CCC(N1CCCCC1)C2. The van der Waals surface area contributed by atoms with E-state index < -0.39 is 0 Å². The number of nitrogens with zero attached hydrogens (tertiary/aromatic N) is 5. The standard InChI is InChI=1S/C21H35N5O/c1-3-26-19-9-8-17(24-11-5-4-6-12-24)16-18(19)20(22-26)21(27)25-13-7-10-23(2)14-15-25/h17H,3-16H2,1-2H3. The van der Waals surface area contributed by atoms with E-state index in [2.05, 4.69) is 28.5 Å². The lowest BCUT2D eigenvalue weighted by atomic mass is 9.89. The summed E-state index contributed by atoms with van der Waals surface area (Å²) < 4.78 is 2.10. The number of aromatic nitrogens is 2. The van der Waals surface area contributed by atoms with Gasteiger partial charge < -0.3 is 14.7 Å². The van der Waals surface area contributed by atoms with E-state index in [0.717, 1.165) is 57.7 Å². The summed E-state index contributed by atoms with van der Waals surface area (Å²) in [6, 6.07) is 0.592. The Hall–Kier alpha value is -1.40. The van der Waals surface area contributed by atoms with E-state index in [-0.39, 0.29) is 5.91 Å². The van der Waals surface area contributed by atoms with Crippen molar-refractivity contribution in [2.45, 2.75) is 64.5 Å². The second kappa shape index (κ2) is 8.31. The minimum Gasteiger partial charge on any atom is -0.336 e. The van der Waals surface area contributed by atoms with Crippen LogP contribution < -0.4 is 0 Å². The van der Waals surface area contributed by atoms with Crippen LogP contribution in [0.25, 0.3) is 0 Å². The van der Waals surface area contributed by atoms with Crippen molar-refractivity contribution in [1.29, 1.82) is 0 Å². The van der Waals surface area contributed by atoms with Crippen LogP contribution >= 0.6 is 0 Å². The van der Waals surface area contributed by atoms with E-state index in [9.17, 15) is 4.79 Å². The molecule has 1 unspecified atom stereocenters. The first-order valence-corrected chi connectivity index (χ1v) is 11.0. The zero-order chi connectivity index (χ0) is 18.8. The third-order valence-corrected chi connectivity index (χ3v) is 6.74. The molecular formula is C21H35N5O. The molecule has 0 aromatic carbocycles. The van der Waals surface area contributed by atoms with Crippen LogP contribution in [0, 0.1) is 0 Å². The third-order valence-electron chi connectivity index (χ3n) is 6.74. The number of piperidine rings is 1. The van der Waals surface area contributed by atoms with Gasteiger partial charge in [-0.05, 0) is 72.1 Å². The Morgan fingerprint density at radius 1 is 1.04 bits per heavy atom. The summed E-state index contributed by atoms with van der Waals surface area (Å²) in [4.78, 5) is 20.4. The molecule has 3 heterocycles. The largest absolute Gasteiger partial charge is 0.336 e. The first kappa shape index (κ1) is 18.9. The molecule has 2 fully saturated rings. The van der Waals surface area contributed by atoms with Gasteiger partial charge in [-0.2, -0.15) is 5.10 Å². The van der Waals surface area contributed by atoms with Gasteiger partial charge in [-0.1, -0.05) is 6.42 Å². The Kier molecular flexibility index (Phi) is 5.83. The molecule has 3 aliphatic rings. The topological polar surface area (TPSA) is 44.6 Å². The quantitative estimate of drug-likeness (QED) is 0.813. The van der Waals surface area contributed by atoms with E-state index in [4.69, 9.17) is 5.10 Å². The molecule has 0 N–H and O–H groups in total. The predicted octanol–water partition coefficient (Wildman–Crippen LogP) is 2.02. The predicted molar refractivity (Wildman–Crippen MR) is 107 cm³/mol. The van der Waals surface area contributed by atoms with Crippen LogP contribution in [-0.4, -0.2) is 82.7 Å². The molecule has 1 aromatic heterocycles. The van der Waals surface area contributed by atoms with E-state index in [1.165, 1.54) is 50.0 Å². The highest BCUT2D eigenvalue weighted by atomic mass is 16.2.